The normalized spacial score (nSPS) is 19.8. The van der Waals surface area contributed by atoms with Crippen molar-refractivity contribution in [2.75, 3.05) is 13.1 Å². The van der Waals surface area contributed by atoms with Crippen LogP contribution in [-0.4, -0.2) is 29.1 Å². The first-order valence-corrected chi connectivity index (χ1v) is 9.84. The number of benzene rings is 1. The third kappa shape index (κ3) is 4.35. The molecule has 0 bridgehead atoms. The van der Waals surface area contributed by atoms with Crippen LogP contribution < -0.4 is 0 Å². The molecule has 0 radical (unpaired) electrons. The molecule has 1 aliphatic rings. The van der Waals surface area contributed by atoms with Crippen LogP contribution in [-0.2, 0) is 17.4 Å². The lowest BCUT2D eigenvalue weighted by Gasteiger charge is -2.37. The number of carbonyl (C=O) groups is 1. The predicted molar refractivity (Wildman–Crippen MR) is 98.9 cm³/mol. The highest BCUT2D eigenvalue weighted by molar-refractivity contribution is 7.12. The maximum Gasteiger partial charge on any atom is 0.416 e. The van der Waals surface area contributed by atoms with E-state index in [-0.39, 0.29) is 12.1 Å². The molecule has 2 heterocycles. The molecule has 1 aromatic heterocycles. The number of nitrogens with zero attached hydrogens (tertiary/aromatic N) is 1. The third-order valence-electron chi connectivity index (χ3n) is 5.03. The van der Waals surface area contributed by atoms with Gasteiger partial charge in [-0.05, 0) is 49.6 Å². The maximum atomic E-state index is 13.7. The molecule has 1 N–H and O–H groups in total. The van der Waals surface area contributed by atoms with E-state index in [2.05, 4.69) is 0 Å². The van der Waals surface area contributed by atoms with Crippen molar-refractivity contribution >= 4 is 17.3 Å². The summed E-state index contributed by atoms with van der Waals surface area (Å²) in [6.45, 7) is 2.85. The van der Waals surface area contributed by atoms with Gasteiger partial charge in [0.2, 0.25) is 0 Å². The second-order valence-electron chi connectivity index (χ2n) is 6.82. The number of thiophene rings is 1. The van der Waals surface area contributed by atoms with Crippen LogP contribution in [0, 0.1) is 5.92 Å². The fourth-order valence-electron chi connectivity index (χ4n) is 3.70. The fraction of sp³-hybridized carbons (Fsp3) is 0.450. The maximum absolute atomic E-state index is 13.7. The molecule has 0 spiro atoms. The Labute approximate surface area is 160 Å². The number of carboxylic acid groups (broad SMARTS) is 1. The minimum atomic E-state index is -4.46. The average molecular weight is 397 g/mol. The van der Waals surface area contributed by atoms with E-state index in [1.165, 1.54) is 23.5 Å². The molecule has 3 nitrogen and oxygen atoms in total. The van der Waals surface area contributed by atoms with Gasteiger partial charge in [0.15, 0.2) is 0 Å². The van der Waals surface area contributed by atoms with Crippen LogP contribution in [0.4, 0.5) is 13.2 Å². The lowest BCUT2D eigenvalue weighted by molar-refractivity contribution is -0.144. The van der Waals surface area contributed by atoms with Gasteiger partial charge >= 0.3 is 12.1 Å². The topological polar surface area (TPSA) is 40.5 Å². The van der Waals surface area contributed by atoms with Gasteiger partial charge in [0.25, 0.3) is 0 Å². The van der Waals surface area contributed by atoms with Crippen molar-refractivity contribution in [2.24, 2.45) is 5.92 Å². The first-order chi connectivity index (χ1) is 12.8. The number of hydrogen-bond acceptors (Lipinski definition) is 3. The van der Waals surface area contributed by atoms with Crippen LogP contribution in [0.5, 0.6) is 0 Å². The van der Waals surface area contributed by atoms with Crippen molar-refractivity contribution in [1.82, 2.24) is 4.90 Å². The predicted octanol–water partition coefficient (Wildman–Crippen LogP) is 5.22. The van der Waals surface area contributed by atoms with Gasteiger partial charge in [-0.25, -0.2) is 0 Å². The van der Waals surface area contributed by atoms with Crippen LogP contribution in [0.25, 0.3) is 0 Å². The highest BCUT2D eigenvalue weighted by Gasteiger charge is 2.39. The van der Waals surface area contributed by atoms with Gasteiger partial charge in [0.05, 0.1) is 17.5 Å². The van der Waals surface area contributed by atoms with E-state index in [1.54, 1.807) is 6.07 Å². The standard InChI is InChI=1S/C20H22F3NO2S/c1-2-14-9-10-17(27-14)18(24-11-5-6-13(12-24)19(25)26)15-7-3-4-8-16(15)20(21,22)23/h3-4,7-10,13,18H,2,5-6,11-12H2,1H3,(H,25,26). The van der Waals surface area contributed by atoms with Crippen molar-refractivity contribution in [3.05, 3.63) is 57.3 Å². The van der Waals surface area contributed by atoms with Gasteiger partial charge in [-0.15, -0.1) is 11.3 Å². The average Bonchev–Trinajstić information content (AvgIpc) is 3.10. The van der Waals surface area contributed by atoms with Gasteiger partial charge in [-0.3, -0.25) is 9.69 Å². The van der Waals surface area contributed by atoms with Gasteiger partial charge in [-0.1, -0.05) is 25.1 Å². The molecule has 1 fully saturated rings. The number of alkyl halides is 3. The number of likely N-dealkylation sites (tertiary alicyclic amines) is 1. The zero-order chi connectivity index (χ0) is 19.6. The zero-order valence-electron chi connectivity index (χ0n) is 15.0. The molecule has 0 saturated carbocycles. The monoisotopic (exact) mass is 397 g/mol. The summed E-state index contributed by atoms with van der Waals surface area (Å²) in [5.74, 6) is -1.44. The van der Waals surface area contributed by atoms with Crippen molar-refractivity contribution in [1.29, 1.82) is 0 Å². The second-order valence-corrected chi connectivity index (χ2v) is 8.02. The Hall–Kier alpha value is -1.86. The quantitative estimate of drug-likeness (QED) is 0.752. The van der Waals surface area contributed by atoms with Crippen LogP contribution in [0.15, 0.2) is 36.4 Å². The van der Waals surface area contributed by atoms with Gasteiger partial charge in [-0.2, -0.15) is 13.2 Å². The fourth-order valence-corrected chi connectivity index (χ4v) is 4.80. The number of aliphatic carboxylic acids is 1. The smallest absolute Gasteiger partial charge is 0.416 e. The molecule has 27 heavy (non-hydrogen) atoms. The van der Waals surface area contributed by atoms with E-state index in [0.29, 0.717) is 19.4 Å². The largest absolute Gasteiger partial charge is 0.481 e. The van der Waals surface area contributed by atoms with E-state index >= 15 is 0 Å². The summed E-state index contributed by atoms with van der Waals surface area (Å²) in [5, 5.41) is 9.40. The highest BCUT2D eigenvalue weighted by atomic mass is 32.1. The highest BCUT2D eigenvalue weighted by Crippen LogP contribution is 2.42. The third-order valence-corrected chi connectivity index (χ3v) is 6.31. The molecule has 2 atom stereocenters. The zero-order valence-corrected chi connectivity index (χ0v) is 15.8. The van der Waals surface area contributed by atoms with Crippen LogP contribution in [0.2, 0.25) is 0 Å². The van der Waals surface area contributed by atoms with E-state index < -0.39 is 29.7 Å². The van der Waals surface area contributed by atoms with Gasteiger partial charge in [0.1, 0.15) is 0 Å². The van der Waals surface area contributed by atoms with Crippen LogP contribution >= 0.6 is 11.3 Å². The number of piperidine rings is 1. The molecule has 1 saturated heterocycles. The number of rotatable bonds is 5. The first kappa shape index (κ1) is 19.9. The molecule has 2 unspecified atom stereocenters. The Kier molecular flexibility index (Phi) is 5.91. The van der Waals surface area contributed by atoms with E-state index in [4.69, 9.17) is 0 Å². The van der Waals surface area contributed by atoms with Crippen molar-refractivity contribution in [3.63, 3.8) is 0 Å². The second kappa shape index (κ2) is 8.02. The van der Waals surface area contributed by atoms with Crippen LogP contribution in [0.3, 0.4) is 0 Å². The van der Waals surface area contributed by atoms with Crippen molar-refractivity contribution in [2.45, 2.75) is 38.4 Å². The molecule has 3 rings (SSSR count). The van der Waals surface area contributed by atoms with E-state index in [9.17, 15) is 23.1 Å². The minimum absolute atomic E-state index is 0.195. The molecule has 146 valence electrons. The number of carboxylic acids is 1. The Morgan fingerprint density at radius 2 is 2.04 bits per heavy atom. The number of hydrogen-bond donors (Lipinski definition) is 1. The molecule has 0 amide bonds. The molecule has 1 aromatic carbocycles. The van der Waals surface area contributed by atoms with E-state index in [1.807, 2.05) is 24.0 Å². The molecular formula is C20H22F3NO2S. The lowest BCUT2D eigenvalue weighted by atomic mass is 9.92. The van der Waals surface area contributed by atoms with Crippen molar-refractivity contribution < 1.29 is 23.1 Å². The molecule has 0 aliphatic carbocycles. The summed E-state index contributed by atoms with van der Waals surface area (Å²) in [6, 6.07) is 8.87. The molecule has 7 heteroatoms. The molecule has 2 aromatic rings. The molecular weight excluding hydrogens is 375 g/mol. The number of halogens is 3. The summed E-state index contributed by atoms with van der Waals surface area (Å²) in [6.07, 6.45) is -2.42. The Morgan fingerprint density at radius 3 is 2.67 bits per heavy atom. The Balaban J connectivity index is 2.08. The summed E-state index contributed by atoms with van der Waals surface area (Å²) in [4.78, 5) is 15.3. The van der Waals surface area contributed by atoms with E-state index in [0.717, 1.165) is 22.2 Å². The van der Waals surface area contributed by atoms with Crippen molar-refractivity contribution in [3.8, 4) is 0 Å². The summed E-state index contributed by atoms with van der Waals surface area (Å²) >= 11 is 1.50. The summed E-state index contributed by atoms with van der Waals surface area (Å²) in [5.41, 5.74) is -0.459. The lowest BCUT2D eigenvalue weighted by Crippen LogP contribution is -2.41. The molecule has 1 aliphatic heterocycles. The Bertz CT molecular complexity index is 803. The Morgan fingerprint density at radius 1 is 1.30 bits per heavy atom. The summed E-state index contributed by atoms with van der Waals surface area (Å²) in [7, 11) is 0. The SMILES string of the molecule is CCc1ccc(C(c2ccccc2C(F)(F)F)N2CCCC(C(=O)O)C2)s1. The summed E-state index contributed by atoms with van der Waals surface area (Å²) < 4.78 is 41.0. The minimum Gasteiger partial charge on any atom is -0.481 e. The van der Waals surface area contributed by atoms with Gasteiger partial charge < -0.3 is 5.11 Å². The first-order valence-electron chi connectivity index (χ1n) is 9.02. The van der Waals surface area contributed by atoms with Gasteiger partial charge in [0, 0.05) is 16.3 Å². The number of aryl methyl sites for hydroxylation is 1. The van der Waals surface area contributed by atoms with Crippen LogP contribution in [0.1, 0.15) is 46.7 Å².